The number of hydrogen-bond donors (Lipinski definition) is 1. The van der Waals surface area contributed by atoms with Crippen LogP contribution < -0.4 is 0 Å². The lowest BCUT2D eigenvalue weighted by molar-refractivity contribution is -0.133. The van der Waals surface area contributed by atoms with Crippen LogP contribution >= 0.6 is 0 Å². The number of aliphatic hydroxyl groups excluding tert-OH is 1. The largest absolute Gasteiger partial charge is 0.390 e. The van der Waals surface area contributed by atoms with Gasteiger partial charge in [0.1, 0.15) is 0 Å². The minimum absolute atomic E-state index is 0.242. The Balaban J connectivity index is 2.63. The smallest absolute Gasteiger partial charge is 0.0938 e. The molecule has 1 aliphatic carbocycles. The van der Waals surface area contributed by atoms with Gasteiger partial charge in [-0.3, -0.25) is 0 Å². The van der Waals surface area contributed by atoms with Gasteiger partial charge >= 0.3 is 0 Å². The maximum absolute atomic E-state index is 10.1. The summed E-state index contributed by atoms with van der Waals surface area (Å²) in [5.74, 6) is 0.690. The fraction of sp³-hybridized carbons (Fsp3) is 1.00. The van der Waals surface area contributed by atoms with Gasteiger partial charge in [-0.25, -0.2) is 0 Å². The average Bonchev–Trinajstić information content (AvgIpc) is 2.18. The van der Waals surface area contributed by atoms with E-state index in [1.807, 2.05) is 0 Å². The minimum Gasteiger partial charge on any atom is -0.390 e. The first-order valence-electron chi connectivity index (χ1n) is 5.88. The Kier molecular flexibility index (Phi) is 4.39. The van der Waals surface area contributed by atoms with E-state index in [1.165, 1.54) is 12.8 Å². The molecule has 0 bridgehead atoms. The highest BCUT2D eigenvalue weighted by Gasteiger charge is 2.40. The summed E-state index contributed by atoms with van der Waals surface area (Å²) < 4.78 is 5.61. The van der Waals surface area contributed by atoms with E-state index in [2.05, 4.69) is 13.8 Å². The Morgan fingerprint density at radius 3 is 2.79 bits per heavy atom. The highest BCUT2D eigenvalue weighted by Crippen LogP contribution is 2.38. The molecule has 1 saturated carbocycles. The van der Waals surface area contributed by atoms with E-state index in [0.29, 0.717) is 5.92 Å². The number of methoxy groups -OCH3 is 1. The fourth-order valence-electron chi connectivity index (χ4n) is 2.70. The molecule has 1 rings (SSSR count). The van der Waals surface area contributed by atoms with E-state index in [4.69, 9.17) is 4.74 Å². The Labute approximate surface area is 87.7 Å². The van der Waals surface area contributed by atoms with E-state index < -0.39 is 0 Å². The number of aliphatic hydroxyl groups is 1. The quantitative estimate of drug-likeness (QED) is 0.756. The first kappa shape index (κ1) is 12.0. The van der Waals surface area contributed by atoms with Gasteiger partial charge in [0.15, 0.2) is 0 Å². The fourth-order valence-corrected chi connectivity index (χ4v) is 2.70. The van der Waals surface area contributed by atoms with Gasteiger partial charge in [0.25, 0.3) is 0 Å². The second-order valence-corrected chi connectivity index (χ2v) is 4.77. The van der Waals surface area contributed by atoms with Gasteiger partial charge in [0.2, 0.25) is 0 Å². The Bertz CT molecular complexity index is 170. The molecule has 0 amide bonds. The first-order valence-corrected chi connectivity index (χ1v) is 5.88. The summed E-state index contributed by atoms with van der Waals surface area (Å²) in [7, 11) is 1.75. The third kappa shape index (κ3) is 2.48. The van der Waals surface area contributed by atoms with Gasteiger partial charge in [-0.15, -0.1) is 0 Å². The highest BCUT2D eigenvalue weighted by molar-refractivity contribution is 4.92. The van der Waals surface area contributed by atoms with Crippen LogP contribution in [0, 0.1) is 5.92 Å². The predicted molar refractivity (Wildman–Crippen MR) is 58.3 cm³/mol. The first-order chi connectivity index (χ1) is 6.64. The van der Waals surface area contributed by atoms with Gasteiger partial charge in [0, 0.05) is 7.11 Å². The lowest BCUT2D eigenvalue weighted by Gasteiger charge is -2.42. The van der Waals surface area contributed by atoms with Crippen molar-refractivity contribution in [3.05, 3.63) is 0 Å². The molecular weight excluding hydrogens is 176 g/mol. The van der Waals surface area contributed by atoms with E-state index >= 15 is 0 Å². The average molecular weight is 200 g/mol. The van der Waals surface area contributed by atoms with Crippen molar-refractivity contribution in [2.75, 3.05) is 7.11 Å². The number of ether oxygens (including phenoxy) is 1. The van der Waals surface area contributed by atoms with Crippen molar-refractivity contribution in [2.45, 2.75) is 64.1 Å². The summed E-state index contributed by atoms with van der Waals surface area (Å²) in [6.07, 6.45) is 6.13. The molecule has 0 saturated heterocycles. The summed E-state index contributed by atoms with van der Waals surface area (Å²) in [6, 6.07) is 0. The van der Waals surface area contributed by atoms with Gasteiger partial charge in [0.05, 0.1) is 11.7 Å². The van der Waals surface area contributed by atoms with E-state index in [9.17, 15) is 5.11 Å². The van der Waals surface area contributed by atoms with Gasteiger partial charge in [-0.05, 0) is 25.2 Å². The molecule has 0 aromatic heterocycles. The lowest BCUT2D eigenvalue weighted by Crippen LogP contribution is -2.47. The zero-order valence-corrected chi connectivity index (χ0v) is 9.75. The van der Waals surface area contributed by atoms with E-state index in [1.54, 1.807) is 7.11 Å². The summed E-state index contributed by atoms with van der Waals surface area (Å²) in [4.78, 5) is 0. The van der Waals surface area contributed by atoms with Crippen molar-refractivity contribution in [1.82, 2.24) is 0 Å². The molecule has 0 spiro atoms. The second kappa shape index (κ2) is 5.13. The maximum atomic E-state index is 10.1. The van der Waals surface area contributed by atoms with Crippen LogP contribution in [0.25, 0.3) is 0 Å². The molecular formula is C12H24O2. The van der Waals surface area contributed by atoms with Crippen LogP contribution in [-0.2, 0) is 4.74 Å². The lowest BCUT2D eigenvalue weighted by atomic mass is 9.74. The summed E-state index contributed by atoms with van der Waals surface area (Å²) in [6.45, 7) is 4.37. The molecule has 84 valence electrons. The molecule has 1 aliphatic rings. The van der Waals surface area contributed by atoms with Crippen LogP contribution in [0.15, 0.2) is 0 Å². The third-order valence-corrected chi connectivity index (χ3v) is 3.57. The molecule has 2 nitrogen and oxygen atoms in total. The summed E-state index contributed by atoms with van der Waals surface area (Å²) >= 11 is 0. The molecule has 0 aliphatic heterocycles. The SMILES string of the molecule is CCCC(O)C1(OC)CCCC(C)C1. The Hall–Kier alpha value is -0.0800. The van der Waals surface area contributed by atoms with Crippen molar-refractivity contribution in [3.63, 3.8) is 0 Å². The maximum Gasteiger partial charge on any atom is 0.0938 e. The van der Waals surface area contributed by atoms with Crippen LogP contribution in [0.1, 0.15) is 52.4 Å². The van der Waals surface area contributed by atoms with E-state index in [-0.39, 0.29) is 11.7 Å². The zero-order chi connectivity index (χ0) is 10.6. The zero-order valence-electron chi connectivity index (χ0n) is 9.75. The molecule has 0 aromatic carbocycles. The summed E-state index contributed by atoms with van der Waals surface area (Å²) in [5.41, 5.74) is -0.242. The number of hydrogen-bond acceptors (Lipinski definition) is 2. The van der Waals surface area contributed by atoms with Crippen LogP contribution in [-0.4, -0.2) is 23.9 Å². The van der Waals surface area contributed by atoms with Crippen LogP contribution in [0.2, 0.25) is 0 Å². The van der Waals surface area contributed by atoms with E-state index in [0.717, 1.165) is 25.7 Å². The van der Waals surface area contributed by atoms with Crippen LogP contribution in [0.5, 0.6) is 0 Å². The molecule has 1 fully saturated rings. The topological polar surface area (TPSA) is 29.5 Å². The van der Waals surface area contributed by atoms with Gasteiger partial charge in [-0.1, -0.05) is 33.1 Å². The number of rotatable bonds is 4. The van der Waals surface area contributed by atoms with Crippen molar-refractivity contribution >= 4 is 0 Å². The summed E-state index contributed by atoms with van der Waals surface area (Å²) in [5, 5.41) is 10.1. The Morgan fingerprint density at radius 2 is 2.29 bits per heavy atom. The van der Waals surface area contributed by atoms with Crippen molar-refractivity contribution in [3.8, 4) is 0 Å². The van der Waals surface area contributed by atoms with Crippen molar-refractivity contribution < 1.29 is 9.84 Å². The predicted octanol–water partition coefficient (Wildman–Crippen LogP) is 2.74. The normalized spacial score (nSPS) is 35.6. The molecule has 1 N–H and O–H groups in total. The van der Waals surface area contributed by atoms with Gasteiger partial charge < -0.3 is 9.84 Å². The molecule has 2 heteroatoms. The third-order valence-electron chi connectivity index (χ3n) is 3.57. The monoisotopic (exact) mass is 200 g/mol. The molecule has 3 atom stereocenters. The van der Waals surface area contributed by atoms with Gasteiger partial charge in [-0.2, -0.15) is 0 Å². The highest BCUT2D eigenvalue weighted by atomic mass is 16.5. The molecule has 0 radical (unpaired) electrons. The van der Waals surface area contributed by atoms with Crippen LogP contribution in [0.4, 0.5) is 0 Å². The molecule has 0 aromatic rings. The molecule has 3 unspecified atom stereocenters. The molecule has 0 heterocycles. The molecule has 14 heavy (non-hydrogen) atoms. The Morgan fingerprint density at radius 1 is 1.57 bits per heavy atom. The van der Waals surface area contributed by atoms with Crippen molar-refractivity contribution in [2.24, 2.45) is 5.92 Å². The second-order valence-electron chi connectivity index (χ2n) is 4.77. The minimum atomic E-state index is -0.278. The van der Waals surface area contributed by atoms with Crippen LogP contribution in [0.3, 0.4) is 0 Å². The standard InChI is InChI=1S/C12H24O2/c1-4-6-11(13)12(14-3)8-5-7-10(2)9-12/h10-11,13H,4-9H2,1-3H3. The van der Waals surface area contributed by atoms with Crippen molar-refractivity contribution in [1.29, 1.82) is 0 Å².